The van der Waals surface area contributed by atoms with Gasteiger partial charge in [0, 0.05) is 17.1 Å². The number of hydrogen-bond acceptors (Lipinski definition) is 1. The lowest BCUT2D eigenvalue weighted by molar-refractivity contribution is 1.11. The molecule has 3 aromatic rings. The number of rotatable bonds is 0. The van der Waals surface area contributed by atoms with Gasteiger partial charge < -0.3 is 0 Å². The number of benzene rings is 1. The van der Waals surface area contributed by atoms with Gasteiger partial charge in [-0.15, -0.1) is 0 Å². The van der Waals surface area contributed by atoms with E-state index in [1.807, 2.05) is 55.6 Å². The molecular formula is C14H11NO. The molecule has 78 valence electrons. The van der Waals surface area contributed by atoms with Crippen LogP contribution >= 0.6 is 0 Å². The van der Waals surface area contributed by atoms with Crippen molar-refractivity contribution in [1.29, 1.82) is 0 Å². The Morgan fingerprint density at radius 3 is 2.75 bits per heavy atom. The molecule has 0 saturated heterocycles. The fourth-order valence-corrected chi connectivity index (χ4v) is 2.03. The lowest BCUT2D eigenvalue weighted by Crippen LogP contribution is -2.13. The van der Waals surface area contributed by atoms with Gasteiger partial charge in [-0.3, -0.25) is 9.20 Å². The first kappa shape index (κ1) is 9.16. The SMILES string of the molecule is Cc1ccn2c(=O)c3ccccc3cc2c1. The quantitative estimate of drug-likeness (QED) is 0.522. The summed E-state index contributed by atoms with van der Waals surface area (Å²) in [5, 5.41) is 1.77. The predicted molar refractivity (Wildman–Crippen MR) is 65.9 cm³/mol. The van der Waals surface area contributed by atoms with Crippen LogP contribution in [0.2, 0.25) is 0 Å². The van der Waals surface area contributed by atoms with Crippen LogP contribution in [-0.4, -0.2) is 4.40 Å². The maximum Gasteiger partial charge on any atom is 0.262 e. The van der Waals surface area contributed by atoms with Crippen LogP contribution in [-0.2, 0) is 0 Å². The van der Waals surface area contributed by atoms with E-state index in [0.29, 0.717) is 0 Å². The lowest BCUT2D eigenvalue weighted by Gasteiger charge is -2.04. The molecule has 0 amide bonds. The van der Waals surface area contributed by atoms with E-state index >= 15 is 0 Å². The average Bonchev–Trinajstić information content (AvgIpc) is 2.29. The van der Waals surface area contributed by atoms with Crippen LogP contribution in [0.5, 0.6) is 0 Å². The molecule has 3 rings (SSSR count). The Morgan fingerprint density at radius 2 is 1.88 bits per heavy atom. The number of nitrogens with zero attached hydrogens (tertiary/aromatic N) is 1. The van der Waals surface area contributed by atoms with Crippen LogP contribution in [0.25, 0.3) is 16.3 Å². The van der Waals surface area contributed by atoms with Crippen molar-refractivity contribution < 1.29 is 0 Å². The fourth-order valence-electron chi connectivity index (χ4n) is 2.03. The third kappa shape index (κ3) is 1.23. The minimum Gasteiger partial charge on any atom is -0.284 e. The Labute approximate surface area is 92.8 Å². The maximum atomic E-state index is 12.2. The molecule has 0 aliphatic rings. The van der Waals surface area contributed by atoms with E-state index in [1.54, 1.807) is 4.40 Å². The van der Waals surface area contributed by atoms with Gasteiger partial charge in [-0.2, -0.15) is 0 Å². The van der Waals surface area contributed by atoms with Crippen molar-refractivity contribution in [3.8, 4) is 0 Å². The molecule has 0 atom stereocenters. The predicted octanol–water partition coefficient (Wildman–Crippen LogP) is 2.76. The average molecular weight is 209 g/mol. The second kappa shape index (κ2) is 3.20. The van der Waals surface area contributed by atoms with Crippen LogP contribution in [0.15, 0.2) is 53.5 Å². The highest BCUT2D eigenvalue weighted by molar-refractivity contribution is 5.85. The van der Waals surface area contributed by atoms with Crippen LogP contribution in [0, 0.1) is 6.92 Å². The molecule has 0 unspecified atom stereocenters. The number of aryl methyl sites for hydroxylation is 1. The summed E-state index contributed by atoms with van der Waals surface area (Å²) in [5.41, 5.74) is 2.16. The van der Waals surface area contributed by atoms with E-state index in [4.69, 9.17) is 0 Å². The zero-order valence-corrected chi connectivity index (χ0v) is 8.97. The molecule has 0 spiro atoms. The van der Waals surface area contributed by atoms with Gasteiger partial charge in [0.05, 0.1) is 0 Å². The van der Waals surface area contributed by atoms with Gasteiger partial charge in [-0.05, 0) is 42.1 Å². The van der Waals surface area contributed by atoms with Crippen molar-refractivity contribution in [2.75, 3.05) is 0 Å². The van der Waals surface area contributed by atoms with Crippen molar-refractivity contribution in [3.05, 3.63) is 64.6 Å². The van der Waals surface area contributed by atoms with Gasteiger partial charge in [0.25, 0.3) is 5.56 Å². The largest absolute Gasteiger partial charge is 0.284 e. The van der Waals surface area contributed by atoms with Crippen LogP contribution in [0.3, 0.4) is 0 Å². The third-order valence-electron chi connectivity index (χ3n) is 2.85. The Morgan fingerprint density at radius 1 is 1.06 bits per heavy atom. The molecule has 0 saturated carbocycles. The minimum atomic E-state index is 0.0492. The number of hydrogen-bond donors (Lipinski definition) is 0. The molecule has 1 aromatic carbocycles. The number of pyridine rings is 2. The van der Waals surface area contributed by atoms with E-state index in [0.717, 1.165) is 21.9 Å². The first-order chi connectivity index (χ1) is 7.75. The Hall–Kier alpha value is -2.09. The molecule has 0 radical (unpaired) electrons. The Kier molecular flexibility index (Phi) is 1.83. The summed E-state index contributed by atoms with van der Waals surface area (Å²) in [5.74, 6) is 0. The topological polar surface area (TPSA) is 21.5 Å². The lowest BCUT2D eigenvalue weighted by atomic mass is 10.1. The molecule has 2 heteroatoms. The smallest absolute Gasteiger partial charge is 0.262 e. The molecule has 0 bridgehead atoms. The molecular weight excluding hydrogens is 198 g/mol. The van der Waals surface area contributed by atoms with Crippen LogP contribution < -0.4 is 5.56 Å². The van der Waals surface area contributed by atoms with Crippen LogP contribution in [0.4, 0.5) is 0 Å². The Bertz CT molecular complexity index is 740. The summed E-state index contributed by atoms with van der Waals surface area (Å²) in [6.07, 6.45) is 1.83. The summed E-state index contributed by atoms with van der Waals surface area (Å²) in [6.45, 7) is 2.03. The van der Waals surface area contributed by atoms with E-state index < -0.39 is 0 Å². The molecule has 0 aliphatic heterocycles. The van der Waals surface area contributed by atoms with E-state index in [1.165, 1.54) is 0 Å². The highest BCUT2D eigenvalue weighted by Gasteiger charge is 2.02. The maximum absolute atomic E-state index is 12.2. The standard InChI is InChI=1S/C14H11NO/c1-10-6-7-15-12(8-10)9-11-4-2-3-5-13(11)14(15)16/h2-9H,1H3. The Balaban J connectivity index is 2.61. The van der Waals surface area contributed by atoms with E-state index in [9.17, 15) is 4.79 Å². The highest BCUT2D eigenvalue weighted by atomic mass is 16.1. The molecule has 2 heterocycles. The van der Waals surface area contributed by atoms with Gasteiger partial charge in [-0.25, -0.2) is 0 Å². The molecule has 0 N–H and O–H groups in total. The summed E-state index contributed by atoms with van der Waals surface area (Å²) >= 11 is 0. The number of fused-ring (bicyclic) bond motifs is 2. The van der Waals surface area contributed by atoms with E-state index in [-0.39, 0.29) is 5.56 Å². The summed E-state index contributed by atoms with van der Waals surface area (Å²) < 4.78 is 1.69. The first-order valence-electron chi connectivity index (χ1n) is 5.26. The zero-order chi connectivity index (χ0) is 11.1. The van der Waals surface area contributed by atoms with Gasteiger partial charge in [0.15, 0.2) is 0 Å². The van der Waals surface area contributed by atoms with Gasteiger partial charge in [-0.1, -0.05) is 18.2 Å². The highest BCUT2D eigenvalue weighted by Crippen LogP contribution is 2.13. The van der Waals surface area contributed by atoms with Crippen molar-refractivity contribution in [2.45, 2.75) is 6.92 Å². The van der Waals surface area contributed by atoms with Gasteiger partial charge in [0.2, 0.25) is 0 Å². The first-order valence-corrected chi connectivity index (χ1v) is 5.26. The van der Waals surface area contributed by atoms with E-state index in [2.05, 4.69) is 0 Å². The zero-order valence-electron chi connectivity index (χ0n) is 8.97. The molecule has 2 aromatic heterocycles. The molecule has 0 fully saturated rings. The summed E-state index contributed by atoms with van der Waals surface area (Å²) in [4.78, 5) is 12.2. The van der Waals surface area contributed by atoms with Crippen molar-refractivity contribution in [3.63, 3.8) is 0 Å². The molecule has 2 nitrogen and oxygen atoms in total. The van der Waals surface area contributed by atoms with Crippen LogP contribution in [0.1, 0.15) is 5.56 Å². The van der Waals surface area contributed by atoms with Crippen molar-refractivity contribution in [2.24, 2.45) is 0 Å². The van der Waals surface area contributed by atoms with Gasteiger partial charge in [0.1, 0.15) is 0 Å². The second-order valence-corrected chi connectivity index (χ2v) is 4.04. The second-order valence-electron chi connectivity index (χ2n) is 4.04. The normalized spacial score (nSPS) is 11.1. The molecule has 0 aliphatic carbocycles. The van der Waals surface area contributed by atoms with Gasteiger partial charge >= 0.3 is 0 Å². The monoisotopic (exact) mass is 209 g/mol. The van der Waals surface area contributed by atoms with Crippen molar-refractivity contribution >= 4 is 16.3 Å². The van der Waals surface area contributed by atoms with Crippen molar-refractivity contribution in [1.82, 2.24) is 4.40 Å². The number of aromatic nitrogens is 1. The third-order valence-corrected chi connectivity index (χ3v) is 2.85. The fraction of sp³-hybridized carbons (Fsp3) is 0.0714. The molecule has 16 heavy (non-hydrogen) atoms. The minimum absolute atomic E-state index is 0.0492. The summed E-state index contributed by atoms with van der Waals surface area (Å²) in [6, 6.07) is 13.7. The summed E-state index contributed by atoms with van der Waals surface area (Å²) in [7, 11) is 0.